The third-order valence-corrected chi connectivity index (χ3v) is 7.46. The predicted octanol–water partition coefficient (Wildman–Crippen LogP) is 3.99. The van der Waals surface area contributed by atoms with Crippen LogP contribution < -0.4 is 0 Å². The molecule has 2 N–H and O–H groups in total. The summed E-state index contributed by atoms with van der Waals surface area (Å²) in [5.74, 6) is -1.94. The first-order valence-corrected chi connectivity index (χ1v) is 11.4. The van der Waals surface area contributed by atoms with Crippen LogP contribution in [0.15, 0.2) is 30.5 Å². The van der Waals surface area contributed by atoms with E-state index in [1.807, 2.05) is 69.8 Å². The molecule has 2 aliphatic carbocycles. The van der Waals surface area contributed by atoms with Crippen molar-refractivity contribution in [2.75, 3.05) is 0 Å². The van der Waals surface area contributed by atoms with Gasteiger partial charge in [-0.2, -0.15) is 0 Å². The van der Waals surface area contributed by atoms with E-state index in [-0.39, 0.29) is 22.4 Å². The van der Waals surface area contributed by atoms with Crippen molar-refractivity contribution in [2.24, 2.45) is 29.7 Å². The number of fused-ring (bicyclic) bond motifs is 1. The number of ketones is 2. The predicted molar refractivity (Wildman–Crippen MR) is 121 cm³/mol. The van der Waals surface area contributed by atoms with Crippen molar-refractivity contribution >= 4 is 22.5 Å². The summed E-state index contributed by atoms with van der Waals surface area (Å²) in [6, 6.07) is 7.94. The first-order valence-electron chi connectivity index (χ1n) is 11.4. The molecule has 5 nitrogen and oxygen atoms in total. The molecule has 0 aliphatic heterocycles. The Morgan fingerprint density at radius 1 is 0.903 bits per heavy atom. The molecular formula is C26H35NO4. The number of benzene rings is 1. The maximum absolute atomic E-state index is 13.4. The van der Waals surface area contributed by atoms with E-state index in [0.717, 1.165) is 16.5 Å². The van der Waals surface area contributed by atoms with Crippen LogP contribution in [0.25, 0.3) is 10.9 Å². The number of para-hydroxylation sites is 1. The Morgan fingerprint density at radius 3 is 1.87 bits per heavy atom. The molecule has 0 spiro atoms. The summed E-state index contributed by atoms with van der Waals surface area (Å²) < 4.78 is 2.00. The fraction of sp³-hybridized carbons (Fsp3) is 0.615. The SMILES string of the molecule is Cn1cc(C([C@@H]2C(=O)CC(C)(C)C[C@@H]2O)[C@@H]2C(=O)CC(C)(C)C[C@@H]2O)c2ccccc21. The highest BCUT2D eigenvalue weighted by atomic mass is 16.3. The van der Waals surface area contributed by atoms with E-state index in [1.54, 1.807) is 0 Å². The number of hydrogen-bond acceptors (Lipinski definition) is 4. The molecule has 2 fully saturated rings. The number of carbonyl (C=O) groups excluding carboxylic acids is 2. The van der Waals surface area contributed by atoms with E-state index in [2.05, 4.69) is 0 Å². The highest BCUT2D eigenvalue weighted by molar-refractivity contribution is 5.91. The normalized spacial score (nSPS) is 30.8. The van der Waals surface area contributed by atoms with Crippen LogP contribution in [0.5, 0.6) is 0 Å². The summed E-state index contributed by atoms with van der Waals surface area (Å²) in [7, 11) is 1.95. The highest BCUT2D eigenvalue weighted by Crippen LogP contribution is 2.50. The molecule has 4 rings (SSSR count). The van der Waals surface area contributed by atoms with Gasteiger partial charge < -0.3 is 14.8 Å². The fourth-order valence-corrected chi connectivity index (χ4v) is 6.27. The lowest BCUT2D eigenvalue weighted by molar-refractivity contribution is -0.144. The maximum Gasteiger partial charge on any atom is 0.139 e. The molecule has 1 heterocycles. The second kappa shape index (κ2) is 7.56. The lowest BCUT2D eigenvalue weighted by Crippen LogP contribution is -2.51. The average Bonchev–Trinajstić information content (AvgIpc) is 2.94. The Morgan fingerprint density at radius 2 is 1.39 bits per heavy atom. The summed E-state index contributed by atoms with van der Waals surface area (Å²) >= 11 is 0. The van der Waals surface area contributed by atoms with Gasteiger partial charge >= 0.3 is 0 Å². The van der Waals surface area contributed by atoms with Gasteiger partial charge in [0.1, 0.15) is 11.6 Å². The molecule has 31 heavy (non-hydrogen) atoms. The lowest BCUT2D eigenvalue weighted by Gasteiger charge is -2.46. The molecule has 168 valence electrons. The van der Waals surface area contributed by atoms with Gasteiger partial charge in [0.05, 0.1) is 24.0 Å². The molecule has 0 amide bonds. The number of Topliss-reactive ketones (excluding diaryl/α,β-unsaturated/α-hetero) is 2. The number of rotatable bonds is 3. The topological polar surface area (TPSA) is 79.5 Å². The molecular weight excluding hydrogens is 390 g/mol. The molecule has 5 heteroatoms. The average molecular weight is 426 g/mol. The zero-order valence-electron chi connectivity index (χ0n) is 19.3. The molecule has 2 aromatic rings. The molecule has 2 aliphatic rings. The van der Waals surface area contributed by atoms with Gasteiger partial charge in [0.25, 0.3) is 0 Å². The van der Waals surface area contributed by atoms with Gasteiger partial charge in [-0.05, 0) is 35.3 Å². The number of aryl methyl sites for hydroxylation is 1. The Bertz CT molecular complexity index is 976. The molecule has 0 unspecified atom stereocenters. The molecule has 0 saturated heterocycles. The number of aromatic nitrogens is 1. The van der Waals surface area contributed by atoms with Crippen molar-refractivity contribution < 1.29 is 19.8 Å². The summed E-state index contributed by atoms with van der Waals surface area (Å²) in [4.78, 5) is 26.8. The van der Waals surface area contributed by atoms with Gasteiger partial charge in [-0.25, -0.2) is 0 Å². The maximum atomic E-state index is 13.4. The van der Waals surface area contributed by atoms with Crippen LogP contribution in [0.4, 0.5) is 0 Å². The number of aliphatic hydroxyl groups is 2. The van der Waals surface area contributed by atoms with E-state index < -0.39 is 30.0 Å². The standard InChI is InChI=1S/C26H35NO4/c1-25(2)10-18(28)23(19(29)11-25)22(24-20(30)12-26(3,4)13-21(24)31)16-14-27(5)17-9-7-6-8-15(16)17/h6-9,14,18,20,22-24,28,30H,10-13H2,1-5H3/t18-,20-,23-,24-/m0/s1. The van der Waals surface area contributed by atoms with E-state index in [0.29, 0.717) is 25.7 Å². The van der Waals surface area contributed by atoms with Crippen LogP contribution in [0.2, 0.25) is 0 Å². The minimum atomic E-state index is -0.838. The van der Waals surface area contributed by atoms with Gasteiger partial charge in [-0.3, -0.25) is 9.59 Å². The van der Waals surface area contributed by atoms with Crippen LogP contribution in [0.3, 0.4) is 0 Å². The molecule has 1 aromatic carbocycles. The Labute approximate surface area is 184 Å². The van der Waals surface area contributed by atoms with E-state index in [4.69, 9.17) is 0 Å². The van der Waals surface area contributed by atoms with E-state index >= 15 is 0 Å². The summed E-state index contributed by atoms with van der Waals surface area (Å²) in [5.41, 5.74) is 1.35. The van der Waals surface area contributed by atoms with Gasteiger partial charge in [0, 0.05) is 42.9 Å². The van der Waals surface area contributed by atoms with Crippen LogP contribution in [0.1, 0.15) is 64.9 Å². The van der Waals surface area contributed by atoms with Crippen LogP contribution in [-0.4, -0.2) is 38.6 Å². The van der Waals surface area contributed by atoms with Gasteiger partial charge in [0.2, 0.25) is 0 Å². The minimum absolute atomic E-state index is 0.00785. The molecule has 1 aromatic heterocycles. The summed E-state index contributed by atoms with van der Waals surface area (Å²) in [5, 5.41) is 23.3. The van der Waals surface area contributed by atoms with Gasteiger partial charge in [-0.1, -0.05) is 45.9 Å². The quantitative estimate of drug-likeness (QED) is 0.779. The smallest absolute Gasteiger partial charge is 0.139 e. The molecule has 0 bridgehead atoms. The third-order valence-electron chi connectivity index (χ3n) is 7.46. The Hall–Kier alpha value is -1.98. The monoisotopic (exact) mass is 425 g/mol. The third kappa shape index (κ3) is 3.98. The number of hydrogen-bond donors (Lipinski definition) is 2. The van der Waals surface area contributed by atoms with E-state index in [1.165, 1.54) is 0 Å². The summed E-state index contributed by atoms with van der Waals surface area (Å²) in [6.45, 7) is 8.00. The van der Waals surface area contributed by atoms with Crippen molar-refractivity contribution in [2.45, 2.75) is 71.5 Å². The molecule has 0 radical (unpaired) electrons. The number of aliphatic hydroxyl groups excluding tert-OH is 2. The van der Waals surface area contributed by atoms with Crippen molar-refractivity contribution in [1.82, 2.24) is 4.57 Å². The van der Waals surface area contributed by atoms with Crippen molar-refractivity contribution in [3.8, 4) is 0 Å². The number of nitrogens with zero attached hydrogens (tertiary/aromatic N) is 1. The molecule has 2 saturated carbocycles. The first-order chi connectivity index (χ1) is 14.4. The highest BCUT2D eigenvalue weighted by Gasteiger charge is 2.52. The van der Waals surface area contributed by atoms with E-state index in [9.17, 15) is 19.8 Å². The first kappa shape index (κ1) is 22.2. The van der Waals surface area contributed by atoms with Gasteiger partial charge in [0.15, 0.2) is 0 Å². The van der Waals surface area contributed by atoms with Crippen LogP contribution in [0, 0.1) is 22.7 Å². The minimum Gasteiger partial charge on any atom is -0.392 e. The zero-order valence-corrected chi connectivity index (χ0v) is 19.3. The number of carbonyl (C=O) groups is 2. The van der Waals surface area contributed by atoms with Crippen LogP contribution in [-0.2, 0) is 16.6 Å². The second-order valence-corrected chi connectivity index (χ2v) is 11.4. The van der Waals surface area contributed by atoms with Crippen molar-refractivity contribution in [3.63, 3.8) is 0 Å². The fourth-order valence-electron chi connectivity index (χ4n) is 6.27. The van der Waals surface area contributed by atoms with Crippen molar-refractivity contribution in [3.05, 3.63) is 36.0 Å². The lowest BCUT2D eigenvalue weighted by atomic mass is 9.58. The Balaban J connectivity index is 1.88. The molecule has 4 atom stereocenters. The second-order valence-electron chi connectivity index (χ2n) is 11.4. The summed E-state index contributed by atoms with van der Waals surface area (Å²) in [6.07, 6.45) is 2.07. The van der Waals surface area contributed by atoms with Gasteiger partial charge in [-0.15, -0.1) is 0 Å². The zero-order chi connectivity index (χ0) is 22.7. The van der Waals surface area contributed by atoms with Crippen molar-refractivity contribution in [1.29, 1.82) is 0 Å². The van der Waals surface area contributed by atoms with Crippen LogP contribution >= 0.6 is 0 Å². The Kier molecular flexibility index (Phi) is 5.42. The largest absolute Gasteiger partial charge is 0.392 e.